The molecule has 0 atom stereocenters. The maximum absolute atomic E-state index is 11.4. The van der Waals surface area contributed by atoms with Gasteiger partial charge in [0.05, 0.1) is 23.7 Å². The minimum atomic E-state index is -0.922. The molecule has 0 bridgehead atoms. The summed E-state index contributed by atoms with van der Waals surface area (Å²) in [6.45, 7) is 0. The van der Waals surface area contributed by atoms with Crippen molar-refractivity contribution in [1.29, 1.82) is 0 Å². The van der Waals surface area contributed by atoms with Crippen molar-refractivity contribution in [2.24, 2.45) is 0 Å². The summed E-state index contributed by atoms with van der Waals surface area (Å²) in [6, 6.07) is 4.85. The molecule has 0 spiro atoms. The highest BCUT2D eigenvalue weighted by Gasteiger charge is 2.04. The molecule has 1 heterocycles. The van der Waals surface area contributed by atoms with Crippen LogP contribution < -0.4 is 5.56 Å². The molecule has 2 aromatic rings. The van der Waals surface area contributed by atoms with E-state index in [0.717, 1.165) is 0 Å². The van der Waals surface area contributed by atoms with Gasteiger partial charge in [0.25, 0.3) is 5.56 Å². The predicted molar refractivity (Wildman–Crippen MR) is 53.7 cm³/mol. The van der Waals surface area contributed by atoms with E-state index in [-0.39, 0.29) is 12.0 Å². The summed E-state index contributed by atoms with van der Waals surface area (Å²) in [5, 5.41) is 9.02. The van der Waals surface area contributed by atoms with Crippen LogP contribution in [0.4, 0.5) is 0 Å². The molecule has 0 amide bonds. The van der Waals surface area contributed by atoms with E-state index in [1.807, 2.05) is 0 Å². The highest BCUT2D eigenvalue weighted by Crippen LogP contribution is 2.09. The lowest BCUT2D eigenvalue weighted by Crippen LogP contribution is -2.07. The average molecular weight is 204 g/mol. The molecule has 0 aliphatic rings. The Morgan fingerprint density at radius 2 is 2.27 bits per heavy atom. The lowest BCUT2D eigenvalue weighted by atomic mass is 10.1. The highest BCUT2D eigenvalue weighted by molar-refractivity contribution is 5.79. The molecule has 0 fully saturated rings. The highest BCUT2D eigenvalue weighted by atomic mass is 16.4. The monoisotopic (exact) mass is 204 g/mol. The minimum Gasteiger partial charge on any atom is -0.481 e. The van der Waals surface area contributed by atoms with E-state index in [1.165, 1.54) is 6.33 Å². The van der Waals surface area contributed by atoms with E-state index in [1.54, 1.807) is 18.2 Å². The first-order valence-electron chi connectivity index (χ1n) is 4.35. The molecule has 1 aromatic heterocycles. The quantitative estimate of drug-likeness (QED) is 0.748. The Morgan fingerprint density at radius 3 is 3.00 bits per heavy atom. The Kier molecular flexibility index (Phi) is 2.21. The average Bonchev–Trinajstić information content (AvgIpc) is 2.18. The number of nitrogens with zero attached hydrogens (tertiary/aromatic N) is 1. The van der Waals surface area contributed by atoms with Gasteiger partial charge in [0.2, 0.25) is 0 Å². The Balaban J connectivity index is 2.59. The van der Waals surface area contributed by atoms with Crippen LogP contribution in [0.25, 0.3) is 10.9 Å². The molecular weight excluding hydrogens is 196 g/mol. The van der Waals surface area contributed by atoms with Gasteiger partial charge in [-0.2, -0.15) is 0 Å². The van der Waals surface area contributed by atoms with Crippen molar-refractivity contribution in [2.75, 3.05) is 0 Å². The number of rotatable bonds is 2. The molecule has 1 aromatic carbocycles. The van der Waals surface area contributed by atoms with Gasteiger partial charge in [0.15, 0.2) is 0 Å². The smallest absolute Gasteiger partial charge is 0.307 e. The summed E-state index contributed by atoms with van der Waals surface area (Å²) >= 11 is 0. The van der Waals surface area contributed by atoms with E-state index >= 15 is 0 Å². The largest absolute Gasteiger partial charge is 0.481 e. The van der Waals surface area contributed by atoms with Crippen molar-refractivity contribution in [3.8, 4) is 0 Å². The fourth-order valence-corrected chi connectivity index (χ4v) is 1.40. The third-order valence-electron chi connectivity index (χ3n) is 2.06. The molecule has 2 rings (SSSR count). The zero-order valence-corrected chi connectivity index (χ0v) is 7.73. The molecular formula is C10H8N2O3. The van der Waals surface area contributed by atoms with Gasteiger partial charge in [-0.1, -0.05) is 6.07 Å². The molecule has 0 aliphatic heterocycles. The maximum Gasteiger partial charge on any atom is 0.307 e. The number of fused-ring (bicyclic) bond motifs is 1. The summed E-state index contributed by atoms with van der Waals surface area (Å²) in [4.78, 5) is 28.3. The topological polar surface area (TPSA) is 83.0 Å². The van der Waals surface area contributed by atoms with E-state index in [2.05, 4.69) is 9.97 Å². The third-order valence-corrected chi connectivity index (χ3v) is 2.06. The van der Waals surface area contributed by atoms with Crippen LogP contribution >= 0.6 is 0 Å². The number of aromatic amines is 1. The van der Waals surface area contributed by atoms with E-state index in [9.17, 15) is 9.59 Å². The first-order valence-corrected chi connectivity index (χ1v) is 4.35. The number of hydrogen-bond acceptors (Lipinski definition) is 3. The van der Waals surface area contributed by atoms with Crippen molar-refractivity contribution in [3.05, 3.63) is 40.4 Å². The van der Waals surface area contributed by atoms with Crippen molar-refractivity contribution >= 4 is 16.9 Å². The van der Waals surface area contributed by atoms with Crippen molar-refractivity contribution in [3.63, 3.8) is 0 Å². The summed E-state index contributed by atoms with van der Waals surface area (Å²) in [7, 11) is 0. The summed E-state index contributed by atoms with van der Waals surface area (Å²) in [5.74, 6) is -0.922. The number of H-pyrrole nitrogens is 1. The fraction of sp³-hybridized carbons (Fsp3) is 0.100. The van der Waals surface area contributed by atoms with Crippen LogP contribution in [0.1, 0.15) is 5.56 Å². The van der Waals surface area contributed by atoms with Gasteiger partial charge < -0.3 is 10.1 Å². The normalized spacial score (nSPS) is 10.4. The Labute approximate surface area is 84.4 Å². The van der Waals surface area contributed by atoms with Gasteiger partial charge in [-0.3, -0.25) is 9.59 Å². The molecule has 2 N–H and O–H groups in total. The first-order chi connectivity index (χ1) is 7.16. The molecule has 5 heteroatoms. The van der Waals surface area contributed by atoms with Crippen molar-refractivity contribution in [1.82, 2.24) is 9.97 Å². The van der Waals surface area contributed by atoms with Crippen LogP contribution in [0, 0.1) is 0 Å². The summed E-state index contributed by atoms with van der Waals surface area (Å²) in [5.41, 5.74) is 0.897. The number of aromatic nitrogens is 2. The number of carboxylic acids is 1. The molecule has 0 saturated carbocycles. The molecule has 0 aliphatic carbocycles. The lowest BCUT2D eigenvalue weighted by Gasteiger charge is -1.99. The number of carbonyl (C=O) groups is 1. The van der Waals surface area contributed by atoms with Crippen LogP contribution in [0.2, 0.25) is 0 Å². The Hall–Kier alpha value is -2.17. The Morgan fingerprint density at radius 1 is 1.47 bits per heavy atom. The molecule has 15 heavy (non-hydrogen) atoms. The fourth-order valence-electron chi connectivity index (χ4n) is 1.40. The van der Waals surface area contributed by atoms with Gasteiger partial charge in [0, 0.05) is 0 Å². The van der Waals surface area contributed by atoms with Gasteiger partial charge in [0.1, 0.15) is 0 Å². The third kappa shape index (κ3) is 1.85. The molecule has 0 unspecified atom stereocenters. The van der Waals surface area contributed by atoms with Crippen LogP contribution in [-0.4, -0.2) is 21.0 Å². The number of benzene rings is 1. The van der Waals surface area contributed by atoms with Crippen molar-refractivity contribution < 1.29 is 9.90 Å². The summed E-state index contributed by atoms with van der Waals surface area (Å²) < 4.78 is 0. The molecule has 0 saturated heterocycles. The SMILES string of the molecule is O=C(O)Cc1ccc2nc[nH]c(=O)c2c1. The minimum absolute atomic E-state index is 0.0930. The van der Waals surface area contributed by atoms with Crippen LogP contribution in [0.3, 0.4) is 0 Å². The lowest BCUT2D eigenvalue weighted by molar-refractivity contribution is -0.136. The van der Waals surface area contributed by atoms with Gasteiger partial charge in [-0.25, -0.2) is 4.98 Å². The number of carboxylic acid groups (broad SMARTS) is 1. The maximum atomic E-state index is 11.4. The Bertz CT molecular complexity index is 574. The standard InChI is InChI=1S/C10H8N2O3/c13-9(14)4-6-1-2-8-7(3-6)10(15)12-5-11-8/h1-3,5H,4H2,(H,13,14)(H,11,12,15). The zero-order chi connectivity index (χ0) is 10.8. The molecule has 76 valence electrons. The summed E-state index contributed by atoms with van der Waals surface area (Å²) in [6.07, 6.45) is 1.23. The van der Waals surface area contributed by atoms with E-state index < -0.39 is 5.97 Å². The van der Waals surface area contributed by atoms with Crippen LogP contribution in [-0.2, 0) is 11.2 Å². The first kappa shape index (κ1) is 9.39. The molecule has 5 nitrogen and oxygen atoms in total. The predicted octanol–water partition coefficient (Wildman–Crippen LogP) is 0.550. The number of hydrogen-bond donors (Lipinski definition) is 2. The van der Waals surface area contributed by atoms with Gasteiger partial charge in [-0.15, -0.1) is 0 Å². The van der Waals surface area contributed by atoms with Crippen LogP contribution in [0.15, 0.2) is 29.3 Å². The van der Waals surface area contributed by atoms with E-state index in [4.69, 9.17) is 5.11 Å². The molecule has 0 radical (unpaired) electrons. The number of nitrogens with one attached hydrogen (secondary N) is 1. The second kappa shape index (κ2) is 3.53. The van der Waals surface area contributed by atoms with Crippen LogP contribution in [0.5, 0.6) is 0 Å². The number of aliphatic carboxylic acids is 1. The van der Waals surface area contributed by atoms with Gasteiger partial charge >= 0.3 is 5.97 Å². The zero-order valence-electron chi connectivity index (χ0n) is 7.73. The van der Waals surface area contributed by atoms with E-state index in [0.29, 0.717) is 16.5 Å². The van der Waals surface area contributed by atoms with Gasteiger partial charge in [-0.05, 0) is 17.7 Å². The van der Waals surface area contributed by atoms with Crippen molar-refractivity contribution in [2.45, 2.75) is 6.42 Å². The second-order valence-corrected chi connectivity index (χ2v) is 3.15. The second-order valence-electron chi connectivity index (χ2n) is 3.15.